The van der Waals surface area contributed by atoms with Gasteiger partial charge in [0.25, 0.3) is 0 Å². The van der Waals surface area contributed by atoms with Crippen LogP contribution in [-0.2, 0) is 0 Å². The number of rotatable bonds is 0. The first-order chi connectivity index (χ1) is 4.36. The van der Waals surface area contributed by atoms with E-state index in [1.165, 1.54) is 18.0 Å². The Bertz CT molecular complexity index is 118. The van der Waals surface area contributed by atoms with Crippen LogP contribution in [-0.4, -0.2) is 47.4 Å². The lowest BCUT2D eigenvalue weighted by atomic mass is 10.0. The van der Waals surface area contributed by atoms with Gasteiger partial charge in [-0.3, -0.25) is 4.90 Å². The van der Waals surface area contributed by atoms with Crippen molar-refractivity contribution in [1.29, 1.82) is 0 Å². The van der Waals surface area contributed by atoms with Crippen molar-refractivity contribution in [2.75, 3.05) is 26.2 Å². The van der Waals surface area contributed by atoms with Gasteiger partial charge in [0.15, 0.2) is 0 Å². The fraction of sp³-hybridized carbons (Fsp3) is 1.00. The molecule has 2 fully saturated rings. The number of piperazine rings is 1. The van der Waals surface area contributed by atoms with E-state index in [1.807, 2.05) is 0 Å². The van der Waals surface area contributed by atoms with Crippen LogP contribution in [0.1, 0.15) is 6.42 Å². The standard InChI is InChI=1S/C6H12N2O/c9-8-4-3-7-2-1-6(7)5-8/h6,9H,1-5H2. The van der Waals surface area contributed by atoms with E-state index in [-0.39, 0.29) is 0 Å². The van der Waals surface area contributed by atoms with E-state index >= 15 is 0 Å². The fourth-order valence-corrected chi connectivity index (χ4v) is 1.57. The second-order valence-corrected chi connectivity index (χ2v) is 2.89. The molecule has 2 aliphatic rings. The number of nitrogens with zero attached hydrogens (tertiary/aromatic N) is 2. The maximum atomic E-state index is 9.04. The Morgan fingerprint density at radius 1 is 1.22 bits per heavy atom. The molecule has 52 valence electrons. The molecule has 0 aromatic rings. The molecule has 2 rings (SSSR count). The quantitative estimate of drug-likeness (QED) is 0.488. The topological polar surface area (TPSA) is 26.7 Å². The molecular weight excluding hydrogens is 116 g/mol. The third-order valence-electron chi connectivity index (χ3n) is 2.33. The molecular formula is C6H12N2O. The van der Waals surface area contributed by atoms with Gasteiger partial charge in [0, 0.05) is 32.2 Å². The molecule has 1 atom stereocenters. The van der Waals surface area contributed by atoms with Gasteiger partial charge in [0.1, 0.15) is 0 Å². The summed E-state index contributed by atoms with van der Waals surface area (Å²) in [6, 6.07) is 0.670. The summed E-state index contributed by atoms with van der Waals surface area (Å²) < 4.78 is 0. The van der Waals surface area contributed by atoms with E-state index in [9.17, 15) is 0 Å². The van der Waals surface area contributed by atoms with E-state index in [2.05, 4.69) is 4.90 Å². The van der Waals surface area contributed by atoms with Gasteiger partial charge in [-0.05, 0) is 6.42 Å². The molecule has 0 amide bonds. The fourth-order valence-electron chi connectivity index (χ4n) is 1.57. The minimum atomic E-state index is 0.670. The summed E-state index contributed by atoms with van der Waals surface area (Å²) in [6.45, 7) is 4.00. The molecule has 1 N–H and O–H groups in total. The third-order valence-corrected chi connectivity index (χ3v) is 2.33. The molecule has 2 heterocycles. The Morgan fingerprint density at radius 3 is 2.56 bits per heavy atom. The predicted octanol–water partition coefficient (Wildman–Crippen LogP) is -0.235. The number of fused-ring (bicyclic) bond motifs is 1. The Kier molecular flexibility index (Phi) is 1.22. The van der Waals surface area contributed by atoms with Crippen LogP contribution in [0.15, 0.2) is 0 Å². The van der Waals surface area contributed by atoms with Crippen LogP contribution in [0, 0.1) is 0 Å². The highest BCUT2D eigenvalue weighted by atomic mass is 16.5. The van der Waals surface area contributed by atoms with Crippen molar-refractivity contribution in [1.82, 2.24) is 9.96 Å². The second-order valence-electron chi connectivity index (χ2n) is 2.89. The summed E-state index contributed by atoms with van der Waals surface area (Å²) in [5, 5.41) is 10.5. The average molecular weight is 128 g/mol. The number of hydroxylamine groups is 2. The van der Waals surface area contributed by atoms with Crippen molar-refractivity contribution in [3.63, 3.8) is 0 Å². The van der Waals surface area contributed by atoms with Crippen molar-refractivity contribution in [2.45, 2.75) is 12.5 Å². The van der Waals surface area contributed by atoms with Crippen molar-refractivity contribution in [2.24, 2.45) is 0 Å². The van der Waals surface area contributed by atoms with Crippen LogP contribution in [0.25, 0.3) is 0 Å². The molecule has 2 saturated heterocycles. The van der Waals surface area contributed by atoms with Crippen LogP contribution in [0.3, 0.4) is 0 Å². The van der Waals surface area contributed by atoms with Gasteiger partial charge in [-0.25, -0.2) is 0 Å². The maximum Gasteiger partial charge on any atom is 0.0395 e. The van der Waals surface area contributed by atoms with Crippen molar-refractivity contribution < 1.29 is 5.21 Å². The van der Waals surface area contributed by atoms with E-state index in [1.54, 1.807) is 0 Å². The van der Waals surface area contributed by atoms with Crippen molar-refractivity contribution >= 4 is 0 Å². The molecule has 3 nitrogen and oxygen atoms in total. The molecule has 0 bridgehead atoms. The van der Waals surface area contributed by atoms with Gasteiger partial charge in [0.05, 0.1) is 0 Å². The van der Waals surface area contributed by atoms with E-state index in [0.29, 0.717) is 6.04 Å². The summed E-state index contributed by atoms with van der Waals surface area (Å²) in [7, 11) is 0. The largest absolute Gasteiger partial charge is 0.314 e. The molecule has 9 heavy (non-hydrogen) atoms. The summed E-state index contributed by atoms with van der Waals surface area (Å²) in [6.07, 6.45) is 1.27. The summed E-state index contributed by atoms with van der Waals surface area (Å²) in [4.78, 5) is 2.42. The summed E-state index contributed by atoms with van der Waals surface area (Å²) in [5.41, 5.74) is 0. The maximum absolute atomic E-state index is 9.04. The van der Waals surface area contributed by atoms with Gasteiger partial charge in [-0.2, -0.15) is 5.06 Å². The lowest BCUT2D eigenvalue weighted by molar-refractivity contribution is -0.152. The third kappa shape index (κ3) is 0.852. The summed E-state index contributed by atoms with van der Waals surface area (Å²) >= 11 is 0. The first-order valence-electron chi connectivity index (χ1n) is 3.54. The van der Waals surface area contributed by atoms with Crippen LogP contribution in [0.2, 0.25) is 0 Å². The average Bonchev–Trinajstić information content (AvgIpc) is 1.78. The van der Waals surface area contributed by atoms with Crippen molar-refractivity contribution in [3.8, 4) is 0 Å². The van der Waals surface area contributed by atoms with Gasteiger partial charge < -0.3 is 5.21 Å². The van der Waals surface area contributed by atoms with Crippen LogP contribution in [0.5, 0.6) is 0 Å². The van der Waals surface area contributed by atoms with Gasteiger partial charge in [-0.1, -0.05) is 0 Å². The molecule has 0 spiro atoms. The smallest absolute Gasteiger partial charge is 0.0395 e. The minimum absolute atomic E-state index is 0.670. The predicted molar refractivity (Wildman–Crippen MR) is 33.3 cm³/mol. The first-order valence-corrected chi connectivity index (χ1v) is 3.54. The lowest BCUT2D eigenvalue weighted by Crippen LogP contribution is -2.59. The Labute approximate surface area is 54.8 Å². The van der Waals surface area contributed by atoms with Gasteiger partial charge in [0.2, 0.25) is 0 Å². The van der Waals surface area contributed by atoms with Crippen LogP contribution >= 0.6 is 0 Å². The molecule has 0 aromatic carbocycles. The van der Waals surface area contributed by atoms with E-state index < -0.39 is 0 Å². The van der Waals surface area contributed by atoms with Gasteiger partial charge >= 0.3 is 0 Å². The van der Waals surface area contributed by atoms with Gasteiger partial charge in [-0.15, -0.1) is 0 Å². The Balaban J connectivity index is 1.92. The minimum Gasteiger partial charge on any atom is -0.314 e. The zero-order valence-corrected chi connectivity index (χ0v) is 5.45. The lowest BCUT2D eigenvalue weighted by Gasteiger charge is -2.46. The van der Waals surface area contributed by atoms with Crippen LogP contribution < -0.4 is 0 Å². The molecule has 0 aliphatic carbocycles. The van der Waals surface area contributed by atoms with Crippen LogP contribution in [0.4, 0.5) is 0 Å². The number of hydrogen-bond donors (Lipinski definition) is 1. The highest BCUT2D eigenvalue weighted by Crippen LogP contribution is 2.20. The monoisotopic (exact) mass is 128 g/mol. The highest BCUT2D eigenvalue weighted by Gasteiger charge is 2.32. The van der Waals surface area contributed by atoms with E-state index in [4.69, 9.17) is 5.21 Å². The first kappa shape index (κ1) is 5.65. The molecule has 3 heteroatoms. The Morgan fingerprint density at radius 2 is 2.11 bits per heavy atom. The van der Waals surface area contributed by atoms with E-state index in [0.717, 1.165) is 19.6 Å². The molecule has 0 radical (unpaired) electrons. The highest BCUT2D eigenvalue weighted by molar-refractivity contribution is 4.87. The molecule has 0 saturated carbocycles. The zero-order chi connectivity index (χ0) is 6.27. The number of hydrogen-bond acceptors (Lipinski definition) is 3. The molecule has 2 aliphatic heterocycles. The second kappa shape index (κ2) is 1.94. The summed E-state index contributed by atoms with van der Waals surface area (Å²) in [5.74, 6) is 0. The normalized spacial score (nSPS) is 37.7. The molecule has 1 unspecified atom stereocenters. The molecule has 0 aromatic heterocycles. The Hall–Kier alpha value is -0.120. The van der Waals surface area contributed by atoms with Crippen molar-refractivity contribution in [3.05, 3.63) is 0 Å². The SMILES string of the molecule is ON1CCN2CCC2C1. The zero-order valence-electron chi connectivity index (χ0n) is 5.45.